The zero-order chi connectivity index (χ0) is 23.9. The molecule has 1 heterocycles. The fourth-order valence-electron chi connectivity index (χ4n) is 3.96. The Morgan fingerprint density at radius 2 is 1.84 bits per heavy atom. The normalized spacial score (nSPS) is 20.2. The number of ether oxygens (including phenoxy) is 1. The summed E-state index contributed by atoms with van der Waals surface area (Å²) in [6, 6.07) is -1.17. The second-order valence-corrected chi connectivity index (χ2v) is 10.1. The van der Waals surface area contributed by atoms with Crippen molar-refractivity contribution in [3.8, 4) is 0 Å². The number of carbonyl (C=O) groups is 3. The zero-order valence-electron chi connectivity index (χ0n) is 20.9. The van der Waals surface area contributed by atoms with Gasteiger partial charge in [0.25, 0.3) is 0 Å². The fourth-order valence-corrected chi connectivity index (χ4v) is 3.96. The van der Waals surface area contributed by atoms with Crippen LogP contribution in [0.25, 0.3) is 0 Å². The number of likely N-dealkylation sites (tertiary alicyclic amines) is 1. The summed E-state index contributed by atoms with van der Waals surface area (Å²) in [6.45, 7) is 14.5. The molecule has 0 saturated carbocycles. The summed E-state index contributed by atoms with van der Waals surface area (Å²) in [7, 11) is 3.70. The molecule has 1 rings (SSSR count). The minimum absolute atomic E-state index is 0.0825. The van der Waals surface area contributed by atoms with Gasteiger partial charge in [0, 0.05) is 12.6 Å². The van der Waals surface area contributed by atoms with E-state index in [2.05, 4.69) is 10.2 Å². The number of nitrogens with zero attached hydrogens (tertiary/aromatic N) is 2. The van der Waals surface area contributed by atoms with E-state index < -0.39 is 11.5 Å². The highest BCUT2D eigenvalue weighted by Crippen LogP contribution is 2.25. The lowest BCUT2D eigenvalue weighted by Crippen LogP contribution is -2.59. The van der Waals surface area contributed by atoms with Crippen molar-refractivity contribution in [2.45, 2.75) is 85.9 Å². The maximum atomic E-state index is 13.6. The first-order chi connectivity index (χ1) is 14.3. The molecule has 0 radical (unpaired) electrons. The lowest BCUT2D eigenvalue weighted by Gasteiger charge is -2.39. The van der Waals surface area contributed by atoms with Crippen molar-refractivity contribution in [2.24, 2.45) is 11.3 Å². The second-order valence-electron chi connectivity index (χ2n) is 10.1. The van der Waals surface area contributed by atoms with E-state index in [-0.39, 0.29) is 35.8 Å². The molecule has 2 unspecified atom stereocenters. The van der Waals surface area contributed by atoms with E-state index in [9.17, 15) is 14.4 Å². The molecule has 7 nitrogen and oxygen atoms in total. The number of esters is 1. The Morgan fingerprint density at radius 1 is 1.23 bits per heavy atom. The van der Waals surface area contributed by atoms with Crippen molar-refractivity contribution < 1.29 is 19.1 Å². The number of nitrogens with one attached hydrogen (secondary N) is 1. The van der Waals surface area contributed by atoms with Crippen LogP contribution in [0.5, 0.6) is 0 Å². The lowest BCUT2D eigenvalue weighted by molar-refractivity contribution is -0.141. The first-order valence-corrected chi connectivity index (χ1v) is 11.4. The van der Waals surface area contributed by atoms with Gasteiger partial charge in [0.15, 0.2) is 0 Å². The highest BCUT2D eigenvalue weighted by molar-refractivity contribution is 5.91. The third kappa shape index (κ3) is 7.63. The molecule has 0 bridgehead atoms. The summed E-state index contributed by atoms with van der Waals surface area (Å²) in [6.07, 6.45) is 4.70. The molecule has 1 aliphatic rings. The average Bonchev–Trinajstić information content (AvgIpc) is 2.68. The largest absolute Gasteiger partial charge is 0.463 e. The smallest absolute Gasteiger partial charge is 0.333 e. The molecule has 7 heteroatoms. The molecule has 1 fully saturated rings. The molecule has 1 N–H and O–H groups in total. The van der Waals surface area contributed by atoms with E-state index in [1.54, 1.807) is 31.9 Å². The summed E-state index contributed by atoms with van der Waals surface area (Å²) in [5, 5.41) is 3.04. The summed E-state index contributed by atoms with van der Waals surface area (Å²) in [4.78, 5) is 42.4. The van der Waals surface area contributed by atoms with Gasteiger partial charge in [0.05, 0.1) is 18.7 Å². The Morgan fingerprint density at radius 3 is 2.32 bits per heavy atom. The third-order valence-corrected chi connectivity index (χ3v) is 5.97. The third-order valence-electron chi connectivity index (χ3n) is 5.97. The minimum atomic E-state index is -0.669. The highest BCUT2D eigenvalue weighted by atomic mass is 16.5. The van der Waals surface area contributed by atoms with Gasteiger partial charge < -0.3 is 15.0 Å². The van der Waals surface area contributed by atoms with Gasteiger partial charge in [0.2, 0.25) is 11.8 Å². The number of piperidine rings is 1. The molecule has 0 aliphatic carbocycles. The van der Waals surface area contributed by atoms with E-state index in [1.165, 1.54) is 0 Å². The Balaban J connectivity index is 3.10. The van der Waals surface area contributed by atoms with E-state index in [4.69, 9.17) is 4.74 Å². The number of rotatable bonds is 8. The van der Waals surface area contributed by atoms with Crippen LogP contribution >= 0.6 is 0 Å². The molecule has 0 aromatic heterocycles. The number of likely N-dealkylation sites (N-methyl/N-ethyl adjacent to an activating group) is 2. The van der Waals surface area contributed by atoms with E-state index in [0.29, 0.717) is 12.2 Å². The van der Waals surface area contributed by atoms with Gasteiger partial charge in [-0.1, -0.05) is 47.1 Å². The summed E-state index contributed by atoms with van der Waals surface area (Å²) >= 11 is 0. The van der Waals surface area contributed by atoms with Crippen LogP contribution in [-0.4, -0.2) is 73.0 Å². The zero-order valence-corrected chi connectivity index (χ0v) is 20.9. The quantitative estimate of drug-likeness (QED) is 0.466. The lowest BCUT2D eigenvalue weighted by atomic mass is 9.84. The molecule has 1 saturated heterocycles. The summed E-state index contributed by atoms with van der Waals surface area (Å²) < 4.78 is 5.08. The van der Waals surface area contributed by atoms with Gasteiger partial charge in [-0.3, -0.25) is 14.5 Å². The van der Waals surface area contributed by atoms with Crippen molar-refractivity contribution in [1.29, 1.82) is 0 Å². The van der Waals surface area contributed by atoms with Crippen LogP contribution in [0.2, 0.25) is 0 Å². The monoisotopic (exact) mass is 437 g/mol. The van der Waals surface area contributed by atoms with Crippen molar-refractivity contribution in [1.82, 2.24) is 15.1 Å². The number of carbonyl (C=O) groups excluding carboxylic acids is 3. The molecule has 0 aromatic rings. The Hall–Kier alpha value is -1.89. The van der Waals surface area contributed by atoms with Crippen LogP contribution in [0.1, 0.15) is 67.7 Å². The van der Waals surface area contributed by atoms with Gasteiger partial charge in [-0.25, -0.2) is 4.79 Å². The Kier molecular flexibility index (Phi) is 10.2. The first-order valence-electron chi connectivity index (χ1n) is 11.4. The van der Waals surface area contributed by atoms with Gasteiger partial charge in [-0.15, -0.1) is 0 Å². The van der Waals surface area contributed by atoms with Crippen LogP contribution in [0.4, 0.5) is 0 Å². The van der Waals surface area contributed by atoms with E-state index in [1.807, 2.05) is 41.7 Å². The highest BCUT2D eigenvalue weighted by Gasteiger charge is 2.39. The molecule has 31 heavy (non-hydrogen) atoms. The molecule has 178 valence electrons. The molecule has 2 amide bonds. The SMILES string of the molecule is CCOC(=O)/C(C)=C/C(C(C)C)N(C)C(=O)C(NC(=O)[C@@H]1CCCCN1C)C(C)(C)C. The van der Waals surface area contributed by atoms with Crippen LogP contribution in [0.15, 0.2) is 11.6 Å². The molecule has 1 aliphatic heterocycles. The maximum absolute atomic E-state index is 13.6. The van der Waals surface area contributed by atoms with Crippen LogP contribution in [-0.2, 0) is 19.1 Å². The minimum Gasteiger partial charge on any atom is -0.463 e. The summed E-state index contributed by atoms with van der Waals surface area (Å²) in [5.74, 6) is -0.553. The van der Waals surface area contributed by atoms with Gasteiger partial charge >= 0.3 is 5.97 Å². The van der Waals surface area contributed by atoms with E-state index in [0.717, 1.165) is 25.8 Å². The molecular weight excluding hydrogens is 394 g/mol. The standard InChI is InChI=1S/C24H43N3O4/c1-10-31-23(30)17(4)15-19(16(2)3)27(9)22(29)20(24(5,6)7)25-21(28)18-13-11-12-14-26(18)8/h15-16,18-20H,10-14H2,1-9H3,(H,25,28)/b17-15+/t18-,19?,20?/m0/s1. The van der Waals surface area contributed by atoms with Crippen molar-refractivity contribution in [3.63, 3.8) is 0 Å². The van der Waals surface area contributed by atoms with E-state index >= 15 is 0 Å². The number of hydrogen-bond donors (Lipinski definition) is 1. The molecule has 0 aromatic carbocycles. The average molecular weight is 438 g/mol. The first kappa shape index (κ1) is 27.1. The predicted molar refractivity (Wildman–Crippen MR) is 123 cm³/mol. The molecule has 0 spiro atoms. The summed E-state index contributed by atoms with van der Waals surface area (Å²) in [5.41, 5.74) is 0.00994. The van der Waals surface area contributed by atoms with Gasteiger partial charge in [-0.2, -0.15) is 0 Å². The van der Waals surface area contributed by atoms with Crippen LogP contribution < -0.4 is 5.32 Å². The molecule has 3 atom stereocenters. The van der Waals surface area contributed by atoms with Gasteiger partial charge in [-0.05, 0) is 51.6 Å². The fraction of sp³-hybridized carbons (Fsp3) is 0.792. The molecular formula is C24H43N3O4. The number of amides is 2. The number of hydrogen-bond acceptors (Lipinski definition) is 5. The van der Waals surface area contributed by atoms with Crippen molar-refractivity contribution in [3.05, 3.63) is 11.6 Å². The van der Waals surface area contributed by atoms with Crippen molar-refractivity contribution >= 4 is 17.8 Å². The Bertz CT molecular complexity index is 666. The predicted octanol–water partition coefficient (Wildman–Crippen LogP) is 2.99. The van der Waals surface area contributed by atoms with Crippen LogP contribution in [0.3, 0.4) is 0 Å². The Labute approximate surface area is 188 Å². The second kappa shape index (κ2) is 11.7. The maximum Gasteiger partial charge on any atom is 0.333 e. The van der Waals surface area contributed by atoms with Crippen molar-refractivity contribution in [2.75, 3.05) is 27.2 Å². The topological polar surface area (TPSA) is 79.0 Å². The van der Waals surface area contributed by atoms with Gasteiger partial charge in [0.1, 0.15) is 6.04 Å². The van der Waals surface area contributed by atoms with Crippen LogP contribution in [0, 0.1) is 11.3 Å².